The number of ether oxygens (including phenoxy) is 1. The predicted molar refractivity (Wildman–Crippen MR) is 129 cm³/mol. The van der Waals surface area contributed by atoms with Gasteiger partial charge in [0.1, 0.15) is 17.5 Å². The molecule has 8 heteroatoms. The fourth-order valence-electron chi connectivity index (χ4n) is 4.84. The average molecular weight is 485 g/mol. The second-order valence-electron chi connectivity index (χ2n) is 9.18. The molecule has 0 N–H and O–H groups in total. The summed E-state index contributed by atoms with van der Waals surface area (Å²) in [6.07, 6.45) is 4.36. The highest BCUT2D eigenvalue weighted by Gasteiger charge is 2.28. The van der Waals surface area contributed by atoms with Crippen LogP contribution in [-0.4, -0.2) is 45.5 Å². The minimum atomic E-state index is -0.221. The fourth-order valence-corrected chi connectivity index (χ4v) is 5.75. The van der Waals surface area contributed by atoms with Gasteiger partial charge in [0.25, 0.3) is 0 Å². The molecule has 5 nitrogen and oxygen atoms in total. The van der Waals surface area contributed by atoms with Gasteiger partial charge in [-0.2, -0.15) is 0 Å². The maximum atomic E-state index is 13.5. The van der Waals surface area contributed by atoms with Gasteiger partial charge in [-0.05, 0) is 74.2 Å². The number of thioether (sulfide) groups is 1. The van der Waals surface area contributed by atoms with Crippen LogP contribution < -0.4 is 0 Å². The Hall–Kier alpha value is -2.29. The first-order chi connectivity index (χ1) is 16.6. The molecule has 2 aliphatic heterocycles. The highest BCUT2D eigenvalue weighted by Crippen LogP contribution is 2.32. The molecule has 1 atom stereocenters. The molecule has 3 aromatic rings. The second-order valence-corrected chi connectivity index (χ2v) is 10.1. The van der Waals surface area contributed by atoms with Crippen LogP contribution in [0.5, 0.6) is 0 Å². The molecule has 0 radical (unpaired) electrons. The summed E-state index contributed by atoms with van der Waals surface area (Å²) < 4.78 is 35.0. The van der Waals surface area contributed by atoms with Gasteiger partial charge in [-0.25, -0.2) is 8.78 Å². The first-order valence-electron chi connectivity index (χ1n) is 12.0. The largest absolute Gasteiger partial charge is 0.376 e. The van der Waals surface area contributed by atoms with Crippen molar-refractivity contribution < 1.29 is 13.5 Å². The zero-order valence-electron chi connectivity index (χ0n) is 19.2. The molecule has 0 amide bonds. The Labute approximate surface area is 203 Å². The standard InChI is InChI=1S/C26H30F2N4OS/c27-22-8-6-19(7-9-22)18-34-26-30-29-25(32(26)17-24-5-2-14-33-24)21-10-12-31(13-11-21)16-20-3-1-4-23(28)15-20/h1,3-4,6-9,15,21,24H,2,5,10-14,16-18H2. The number of hydrogen-bond acceptors (Lipinski definition) is 5. The molecule has 0 aliphatic carbocycles. The van der Waals surface area contributed by atoms with Crippen LogP contribution in [0.2, 0.25) is 0 Å². The van der Waals surface area contributed by atoms with Crippen molar-refractivity contribution in [2.75, 3.05) is 19.7 Å². The van der Waals surface area contributed by atoms with E-state index in [4.69, 9.17) is 4.74 Å². The maximum absolute atomic E-state index is 13.5. The molecule has 0 saturated carbocycles. The van der Waals surface area contributed by atoms with E-state index in [2.05, 4.69) is 19.7 Å². The number of aromatic nitrogens is 3. The number of nitrogens with zero attached hydrogens (tertiary/aromatic N) is 4. The minimum Gasteiger partial charge on any atom is -0.376 e. The van der Waals surface area contributed by atoms with Gasteiger partial charge in [0, 0.05) is 24.8 Å². The summed E-state index contributed by atoms with van der Waals surface area (Å²) in [5.74, 6) is 1.71. The van der Waals surface area contributed by atoms with E-state index < -0.39 is 0 Å². The molecule has 2 aliphatic rings. The molecule has 3 heterocycles. The molecule has 2 aromatic carbocycles. The molecule has 5 rings (SSSR count). The van der Waals surface area contributed by atoms with Gasteiger partial charge in [0.2, 0.25) is 0 Å². The van der Waals surface area contributed by atoms with E-state index in [1.165, 1.54) is 18.2 Å². The summed E-state index contributed by atoms with van der Waals surface area (Å²) in [7, 11) is 0. The Morgan fingerprint density at radius 2 is 1.76 bits per heavy atom. The van der Waals surface area contributed by atoms with Gasteiger partial charge in [0.05, 0.1) is 12.6 Å². The van der Waals surface area contributed by atoms with Gasteiger partial charge in [-0.1, -0.05) is 36.0 Å². The fraction of sp³-hybridized carbons (Fsp3) is 0.462. The van der Waals surface area contributed by atoms with E-state index in [9.17, 15) is 8.78 Å². The highest BCUT2D eigenvalue weighted by molar-refractivity contribution is 7.98. The maximum Gasteiger partial charge on any atom is 0.191 e. The first kappa shape index (κ1) is 23.5. The summed E-state index contributed by atoms with van der Waals surface area (Å²) in [6, 6.07) is 13.5. The number of rotatable bonds is 8. The van der Waals surface area contributed by atoms with Gasteiger partial charge in [0.15, 0.2) is 5.16 Å². The third kappa shape index (κ3) is 5.85. The van der Waals surface area contributed by atoms with Crippen LogP contribution in [0.15, 0.2) is 53.7 Å². The van der Waals surface area contributed by atoms with Crippen LogP contribution in [0.25, 0.3) is 0 Å². The van der Waals surface area contributed by atoms with Crippen molar-refractivity contribution in [1.82, 2.24) is 19.7 Å². The summed E-state index contributed by atoms with van der Waals surface area (Å²) in [4.78, 5) is 2.39. The molecule has 0 bridgehead atoms. The number of halogens is 2. The monoisotopic (exact) mass is 484 g/mol. The first-order valence-corrected chi connectivity index (χ1v) is 13.0. The average Bonchev–Trinajstić information content (AvgIpc) is 3.50. The summed E-state index contributed by atoms with van der Waals surface area (Å²) >= 11 is 1.64. The molecule has 0 spiro atoms. The lowest BCUT2D eigenvalue weighted by molar-refractivity contribution is 0.0931. The quantitative estimate of drug-likeness (QED) is 0.400. The van der Waals surface area contributed by atoms with Crippen molar-refractivity contribution in [2.24, 2.45) is 0 Å². The molecule has 2 fully saturated rings. The lowest BCUT2D eigenvalue weighted by Gasteiger charge is -2.32. The molecule has 1 aromatic heterocycles. The van der Waals surface area contributed by atoms with E-state index in [0.717, 1.165) is 86.3 Å². The predicted octanol–water partition coefficient (Wildman–Crippen LogP) is 5.41. The molecule has 34 heavy (non-hydrogen) atoms. The van der Waals surface area contributed by atoms with Crippen LogP contribution >= 0.6 is 11.8 Å². The number of hydrogen-bond donors (Lipinski definition) is 0. The van der Waals surface area contributed by atoms with E-state index >= 15 is 0 Å². The Morgan fingerprint density at radius 1 is 0.941 bits per heavy atom. The number of piperidine rings is 1. The third-order valence-electron chi connectivity index (χ3n) is 6.68. The Balaban J connectivity index is 1.26. The molecular formula is C26H30F2N4OS. The van der Waals surface area contributed by atoms with Gasteiger partial charge >= 0.3 is 0 Å². The van der Waals surface area contributed by atoms with Gasteiger partial charge in [-0.3, -0.25) is 4.90 Å². The van der Waals surface area contributed by atoms with Crippen molar-refractivity contribution in [3.63, 3.8) is 0 Å². The summed E-state index contributed by atoms with van der Waals surface area (Å²) in [5, 5.41) is 10.1. The minimum absolute atomic E-state index is 0.180. The van der Waals surface area contributed by atoms with E-state index in [0.29, 0.717) is 5.92 Å². The lowest BCUT2D eigenvalue weighted by atomic mass is 9.95. The van der Waals surface area contributed by atoms with Gasteiger partial charge in [-0.15, -0.1) is 10.2 Å². The van der Waals surface area contributed by atoms with Crippen molar-refractivity contribution in [2.45, 2.75) is 61.7 Å². The van der Waals surface area contributed by atoms with E-state index in [-0.39, 0.29) is 17.7 Å². The summed E-state index contributed by atoms with van der Waals surface area (Å²) in [6.45, 7) is 4.26. The van der Waals surface area contributed by atoms with Crippen LogP contribution in [-0.2, 0) is 23.6 Å². The van der Waals surface area contributed by atoms with Crippen molar-refractivity contribution in [1.29, 1.82) is 0 Å². The molecule has 2 saturated heterocycles. The van der Waals surface area contributed by atoms with Crippen LogP contribution in [0.4, 0.5) is 8.78 Å². The van der Waals surface area contributed by atoms with Crippen LogP contribution in [0, 0.1) is 11.6 Å². The smallest absolute Gasteiger partial charge is 0.191 e. The Bertz CT molecular complexity index is 1080. The zero-order valence-corrected chi connectivity index (χ0v) is 20.0. The normalized spacial score (nSPS) is 19.6. The van der Waals surface area contributed by atoms with Gasteiger partial charge < -0.3 is 9.30 Å². The second kappa shape index (κ2) is 11.0. The Morgan fingerprint density at radius 3 is 2.50 bits per heavy atom. The van der Waals surface area contributed by atoms with Crippen molar-refractivity contribution in [3.05, 3.63) is 77.1 Å². The van der Waals surface area contributed by atoms with Crippen LogP contribution in [0.3, 0.4) is 0 Å². The lowest BCUT2D eigenvalue weighted by Crippen LogP contribution is -2.33. The van der Waals surface area contributed by atoms with Crippen molar-refractivity contribution >= 4 is 11.8 Å². The van der Waals surface area contributed by atoms with E-state index in [1.54, 1.807) is 23.9 Å². The highest BCUT2D eigenvalue weighted by atomic mass is 32.2. The SMILES string of the molecule is Fc1ccc(CSc2nnc(C3CCN(Cc4cccc(F)c4)CC3)n2CC2CCCO2)cc1. The summed E-state index contributed by atoms with van der Waals surface area (Å²) in [5.41, 5.74) is 2.07. The zero-order chi connectivity index (χ0) is 23.3. The molecular weight excluding hydrogens is 454 g/mol. The molecule has 180 valence electrons. The number of likely N-dealkylation sites (tertiary alicyclic amines) is 1. The van der Waals surface area contributed by atoms with Crippen molar-refractivity contribution in [3.8, 4) is 0 Å². The molecule has 1 unspecified atom stereocenters. The third-order valence-corrected chi connectivity index (χ3v) is 7.72. The van der Waals surface area contributed by atoms with E-state index in [1.807, 2.05) is 18.2 Å². The number of benzene rings is 2. The topological polar surface area (TPSA) is 43.2 Å². The Kier molecular flexibility index (Phi) is 7.57. The van der Waals surface area contributed by atoms with Crippen LogP contribution in [0.1, 0.15) is 48.6 Å².